The Hall–Kier alpha value is -1.78. The largest absolute Gasteiger partial charge is 0.359 e. The first-order valence-electron chi connectivity index (χ1n) is 7.78. The average Bonchev–Trinajstić information content (AvgIpc) is 3.11. The van der Waals surface area contributed by atoms with Crippen molar-refractivity contribution in [3.8, 4) is 0 Å². The van der Waals surface area contributed by atoms with E-state index in [1.807, 2.05) is 11.0 Å². The number of hydrogen-bond acceptors (Lipinski definition) is 3. The molecule has 21 heavy (non-hydrogen) atoms. The quantitative estimate of drug-likeness (QED) is 0.817. The lowest BCUT2D eigenvalue weighted by Crippen LogP contribution is -2.42. The molecule has 1 aromatic heterocycles. The van der Waals surface area contributed by atoms with Crippen LogP contribution in [0, 0.1) is 0 Å². The van der Waals surface area contributed by atoms with Gasteiger partial charge in [0.1, 0.15) is 0 Å². The highest BCUT2D eigenvalue weighted by Gasteiger charge is 2.24. The Balaban J connectivity index is 1.83. The number of nitrogens with zero attached hydrogens (tertiary/aromatic N) is 2. The SMILES string of the molecule is CCCC[C@H]1C=CCN1C(=O)NCc1cc(C(C)C)no1. The predicted molar refractivity (Wildman–Crippen MR) is 82.0 cm³/mol. The average molecular weight is 291 g/mol. The molecule has 0 radical (unpaired) electrons. The van der Waals surface area contributed by atoms with E-state index >= 15 is 0 Å². The van der Waals surface area contributed by atoms with Gasteiger partial charge in [-0.05, 0) is 12.3 Å². The first kappa shape index (κ1) is 15.6. The second-order valence-corrected chi connectivity index (χ2v) is 5.82. The molecule has 0 fully saturated rings. The maximum absolute atomic E-state index is 12.2. The molecule has 0 bridgehead atoms. The second kappa shape index (κ2) is 7.29. The van der Waals surface area contributed by atoms with Crippen LogP contribution in [0.15, 0.2) is 22.7 Å². The number of unbranched alkanes of at least 4 members (excludes halogenated alkanes) is 1. The van der Waals surface area contributed by atoms with Crippen LogP contribution in [0.4, 0.5) is 4.79 Å². The third kappa shape index (κ3) is 4.09. The van der Waals surface area contributed by atoms with E-state index in [9.17, 15) is 4.79 Å². The molecule has 2 amide bonds. The van der Waals surface area contributed by atoms with E-state index in [1.54, 1.807) is 0 Å². The highest BCUT2D eigenvalue weighted by molar-refractivity contribution is 5.75. The summed E-state index contributed by atoms with van der Waals surface area (Å²) in [7, 11) is 0. The van der Waals surface area contributed by atoms with Gasteiger partial charge in [-0.1, -0.05) is 50.9 Å². The molecule has 0 aliphatic carbocycles. The minimum atomic E-state index is -0.0383. The van der Waals surface area contributed by atoms with E-state index < -0.39 is 0 Å². The van der Waals surface area contributed by atoms with Gasteiger partial charge in [-0.25, -0.2) is 4.79 Å². The summed E-state index contributed by atoms with van der Waals surface area (Å²) in [4.78, 5) is 14.1. The third-order valence-electron chi connectivity index (χ3n) is 3.76. The predicted octanol–water partition coefficient (Wildman–Crippen LogP) is 3.44. The molecule has 0 unspecified atom stereocenters. The van der Waals surface area contributed by atoms with Gasteiger partial charge in [-0.2, -0.15) is 0 Å². The normalized spacial score (nSPS) is 17.7. The Kier molecular flexibility index (Phi) is 5.42. The Bertz CT molecular complexity index is 493. The number of rotatable bonds is 6. The van der Waals surface area contributed by atoms with Crippen LogP contribution in [0.2, 0.25) is 0 Å². The molecule has 1 N–H and O–H groups in total. The molecule has 1 aliphatic heterocycles. The first-order chi connectivity index (χ1) is 10.1. The summed E-state index contributed by atoms with van der Waals surface area (Å²) in [5, 5.41) is 6.91. The first-order valence-corrected chi connectivity index (χ1v) is 7.78. The molecule has 5 heteroatoms. The van der Waals surface area contributed by atoms with E-state index in [-0.39, 0.29) is 12.1 Å². The van der Waals surface area contributed by atoms with Crippen molar-refractivity contribution >= 4 is 6.03 Å². The summed E-state index contributed by atoms with van der Waals surface area (Å²) in [6.45, 7) is 7.37. The van der Waals surface area contributed by atoms with Crippen LogP contribution < -0.4 is 5.32 Å². The molecule has 0 saturated heterocycles. The van der Waals surface area contributed by atoms with Gasteiger partial charge in [-0.15, -0.1) is 0 Å². The van der Waals surface area contributed by atoms with Crippen LogP contribution in [-0.4, -0.2) is 28.7 Å². The van der Waals surface area contributed by atoms with E-state index in [4.69, 9.17) is 4.52 Å². The van der Waals surface area contributed by atoms with Crippen molar-refractivity contribution in [1.82, 2.24) is 15.4 Å². The van der Waals surface area contributed by atoms with Crippen molar-refractivity contribution in [1.29, 1.82) is 0 Å². The van der Waals surface area contributed by atoms with Gasteiger partial charge >= 0.3 is 6.03 Å². The van der Waals surface area contributed by atoms with Crippen LogP contribution >= 0.6 is 0 Å². The standard InChI is InChI=1S/C16H25N3O2/c1-4-5-7-13-8-6-9-19(13)16(20)17-11-14-10-15(12(2)3)18-21-14/h6,8,10,12-13H,4-5,7,9,11H2,1-3H3,(H,17,20)/t13-/m0/s1. The second-order valence-electron chi connectivity index (χ2n) is 5.82. The van der Waals surface area contributed by atoms with Crippen LogP contribution in [0.3, 0.4) is 0 Å². The van der Waals surface area contributed by atoms with Gasteiger partial charge in [0, 0.05) is 12.6 Å². The highest BCUT2D eigenvalue weighted by atomic mass is 16.5. The van der Waals surface area contributed by atoms with E-state index in [1.165, 1.54) is 0 Å². The number of carbonyl (C=O) groups excluding carboxylic acids is 1. The number of urea groups is 1. The molecular weight excluding hydrogens is 266 g/mol. The summed E-state index contributed by atoms with van der Waals surface area (Å²) in [6, 6.07) is 2.09. The lowest BCUT2D eigenvalue weighted by atomic mass is 10.1. The van der Waals surface area contributed by atoms with Crippen molar-refractivity contribution in [2.75, 3.05) is 6.54 Å². The van der Waals surface area contributed by atoms with Gasteiger partial charge in [0.15, 0.2) is 5.76 Å². The smallest absolute Gasteiger partial charge is 0.318 e. The molecule has 116 valence electrons. The summed E-state index contributed by atoms with van der Waals surface area (Å²) < 4.78 is 5.23. The number of amides is 2. The monoisotopic (exact) mass is 291 g/mol. The molecule has 1 aromatic rings. The zero-order valence-corrected chi connectivity index (χ0v) is 13.1. The lowest BCUT2D eigenvalue weighted by Gasteiger charge is -2.24. The molecule has 1 atom stereocenters. The van der Waals surface area contributed by atoms with Gasteiger partial charge in [0.05, 0.1) is 18.3 Å². The summed E-state index contributed by atoms with van der Waals surface area (Å²) >= 11 is 0. The fourth-order valence-corrected chi connectivity index (χ4v) is 2.42. The third-order valence-corrected chi connectivity index (χ3v) is 3.76. The fourth-order valence-electron chi connectivity index (χ4n) is 2.42. The number of carbonyl (C=O) groups is 1. The van der Waals surface area contributed by atoms with Crippen LogP contribution in [0.5, 0.6) is 0 Å². The van der Waals surface area contributed by atoms with Gasteiger partial charge < -0.3 is 14.7 Å². The van der Waals surface area contributed by atoms with Crippen molar-refractivity contribution in [2.45, 2.75) is 58.5 Å². The zero-order valence-electron chi connectivity index (χ0n) is 13.1. The summed E-state index contributed by atoms with van der Waals surface area (Å²) in [6.07, 6.45) is 7.50. The molecular formula is C16H25N3O2. The minimum Gasteiger partial charge on any atom is -0.359 e. The van der Waals surface area contributed by atoms with Crippen molar-refractivity contribution in [2.24, 2.45) is 0 Å². The van der Waals surface area contributed by atoms with Crippen molar-refractivity contribution < 1.29 is 9.32 Å². The Labute approximate surface area is 126 Å². The fraction of sp³-hybridized carbons (Fsp3) is 0.625. The maximum atomic E-state index is 12.2. The van der Waals surface area contributed by atoms with Crippen LogP contribution in [0.25, 0.3) is 0 Å². The van der Waals surface area contributed by atoms with Crippen molar-refractivity contribution in [3.05, 3.63) is 29.7 Å². The molecule has 2 heterocycles. The van der Waals surface area contributed by atoms with Crippen LogP contribution in [0.1, 0.15) is 57.4 Å². The maximum Gasteiger partial charge on any atom is 0.318 e. The van der Waals surface area contributed by atoms with Gasteiger partial charge in [0.25, 0.3) is 0 Å². The van der Waals surface area contributed by atoms with E-state index in [0.717, 1.165) is 25.0 Å². The summed E-state index contributed by atoms with van der Waals surface area (Å²) in [5.41, 5.74) is 0.919. The van der Waals surface area contributed by atoms with Gasteiger partial charge in [-0.3, -0.25) is 0 Å². The molecule has 1 aliphatic rings. The Morgan fingerprint density at radius 1 is 1.57 bits per heavy atom. The molecule has 5 nitrogen and oxygen atoms in total. The minimum absolute atomic E-state index is 0.0383. The molecule has 2 rings (SSSR count). The Morgan fingerprint density at radius 2 is 2.38 bits per heavy atom. The Morgan fingerprint density at radius 3 is 3.05 bits per heavy atom. The number of nitrogens with one attached hydrogen (secondary N) is 1. The topological polar surface area (TPSA) is 58.4 Å². The molecule has 0 spiro atoms. The highest BCUT2D eigenvalue weighted by Crippen LogP contribution is 2.17. The lowest BCUT2D eigenvalue weighted by molar-refractivity contribution is 0.192. The van der Waals surface area contributed by atoms with Crippen LogP contribution in [-0.2, 0) is 6.54 Å². The van der Waals surface area contributed by atoms with Gasteiger partial charge in [0.2, 0.25) is 0 Å². The molecule has 0 saturated carbocycles. The van der Waals surface area contributed by atoms with E-state index in [0.29, 0.717) is 24.8 Å². The summed E-state index contributed by atoms with van der Waals surface area (Å²) in [5.74, 6) is 1.03. The van der Waals surface area contributed by atoms with E-state index in [2.05, 4.69) is 43.4 Å². The van der Waals surface area contributed by atoms with Crippen molar-refractivity contribution in [3.63, 3.8) is 0 Å². The zero-order chi connectivity index (χ0) is 15.2. The number of hydrogen-bond donors (Lipinski definition) is 1. The number of aromatic nitrogens is 1. The molecule has 0 aromatic carbocycles.